The van der Waals surface area contributed by atoms with Crippen LogP contribution >= 0.6 is 0 Å². The first-order valence-corrected chi connectivity index (χ1v) is 14.4. The smallest absolute Gasteiger partial charge is 0.391 e. The average Bonchev–Trinajstić information content (AvgIpc) is 2.99. The Labute approximate surface area is 240 Å². The van der Waals surface area contributed by atoms with Crippen LogP contribution in [0.4, 0.5) is 19.1 Å². The molecule has 4 rings (SSSR count). The number of aromatic nitrogens is 2. The van der Waals surface area contributed by atoms with Crippen LogP contribution in [0.25, 0.3) is 0 Å². The fourth-order valence-corrected chi connectivity index (χ4v) is 5.08. The summed E-state index contributed by atoms with van der Waals surface area (Å²) in [4.78, 5) is 27.9. The molecule has 41 heavy (non-hydrogen) atoms. The van der Waals surface area contributed by atoms with E-state index in [1.807, 2.05) is 81.4 Å². The summed E-state index contributed by atoms with van der Waals surface area (Å²) in [5, 5.41) is 0. The molecule has 1 aromatic heterocycles. The van der Waals surface area contributed by atoms with Gasteiger partial charge in [0.15, 0.2) is 0 Å². The van der Waals surface area contributed by atoms with E-state index in [2.05, 4.69) is 16.6 Å². The minimum absolute atomic E-state index is 0.0334. The number of nitrogens with zero attached hydrogens (tertiary/aromatic N) is 2. The highest BCUT2D eigenvalue weighted by molar-refractivity contribution is 5.38. The van der Waals surface area contributed by atoms with Gasteiger partial charge in [-0.1, -0.05) is 94.8 Å². The Hall–Kier alpha value is -3.62. The molecule has 1 fully saturated rings. The molecule has 0 bridgehead atoms. The van der Waals surface area contributed by atoms with Crippen LogP contribution in [0.2, 0.25) is 0 Å². The number of benzene rings is 2. The van der Waals surface area contributed by atoms with E-state index in [-0.39, 0.29) is 36.9 Å². The van der Waals surface area contributed by atoms with Crippen molar-refractivity contribution >= 4 is 12.4 Å². The number of carbonyl (C=O) groups excluding carboxylic acids is 1. The number of alkyl halides is 3. The quantitative estimate of drug-likeness (QED) is 0.286. The molecule has 1 aliphatic carbocycles. The van der Waals surface area contributed by atoms with E-state index < -0.39 is 18.2 Å². The van der Waals surface area contributed by atoms with E-state index in [9.17, 15) is 22.8 Å². The number of hydrogen-bond donors (Lipinski definition) is 1. The van der Waals surface area contributed by atoms with Gasteiger partial charge in [-0.05, 0) is 49.7 Å². The zero-order valence-electron chi connectivity index (χ0n) is 24.4. The minimum Gasteiger partial charge on any atom is -0.465 e. The number of nitrogen functional groups attached to an aromatic ring is 1. The van der Waals surface area contributed by atoms with Crippen molar-refractivity contribution in [3.8, 4) is 0 Å². The molecule has 0 saturated heterocycles. The summed E-state index contributed by atoms with van der Waals surface area (Å²) in [6.07, 6.45) is -1.28. The summed E-state index contributed by atoms with van der Waals surface area (Å²) in [6.45, 7) is 8.31. The summed E-state index contributed by atoms with van der Waals surface area (Å²) >= 11 is 0. The molecule has 1 saturated carbocycles. The number of carbonyl (C=O) groups is 1. The molecule has 0 amide bonds. The molecular formula is C32H42F3N3O3. The molecule has 0 spiro atoms. The SMILES string of the molecule is CC.CCCc1c(CC)nc(N)n(C(c2ccccc2)c2ccccc2)c1=O.O=COC1CCCC(C(F)(F)F)C1. The van der Waals surface area contributed by atoms with Crippen LogP contribution in [-0.2, 0) is 22.4 Å². The van der Waals surface area contributed by atoms with Crippen molar-refractivity contribution in [2.75, 3.05) is 5.73 Å². The van der Waals surface area contributed by atoms with E-state index in [0.29, 0.717) is 25.7 Å². The Kier molecular flexibility index (Phi) is 13.6. The van der Waals surface area contributed by atoms with Crippen LogP contribution in [0.5, 0.6) is 0 Å². The molecule has 2 N–H and O–H groups in total. The van der Waals surface area contributed by atoms with E-state index in [0.717, 1.165) is 28.8 Å². The lowest BCUT2D eigenvalue weighted by Crippen LogP contribution is -2.33. The summed E-state index contributed by atoms with van der Waals surface area (Å²) in [5.41, 5.74) is 9.88. The van der Waals surface area contributed by atoms with Crippen molar-refractivity contribution < 1.29 is 22.7 Å². The Morgan fingerprint density at radius 2 is 1.59 bits per heavy atom. The van der Waals surface area contributed by atoms with Crippen LogP contribution in [0.1, 0.15) is 88.2 Å². The van der Waals surface area contributed by atoms with E-state index in [1.165, 1.54) is 0 Å². The predicted octanol–water partition coefficient (Wildman–Crippen LogP) is 7.28. The van der Waals surface area contributed by atoms with Gasteiger partial charge in [-0.2, -0.15) is 13.2 Å². The molecule has 0 radical (unpaired) electrons. The summed E-state index contributed by atoms with van der Waals surface area (Å²) in [6, 6.07) is 19.7. The number of nitrogens with two attached hydrogens (primary N) is 1. The van der Waals surface area contributed by atoms with Crippen molar-refractivity contribution in [3.05, 3.63) is 93.4 Å². The lowest BCUT2D eigenvalue weighted by atomic mass is 9.87. The fourth-order valence-electron chi connectivity index (χ4n) is 5.08. The fraction of sp³-hybridized carbons (Fsp3) is 0.469. The number of aryl methyl sites for hydroxylation is 1. The van der Waals surface area contributed by atoms with Gasteiger partial charge in [-0.15, -0.1) is 0 Å². The van der Waals surface area contributed by atoms with Gasteiger partial charge in [0.2, 0.25) is 5.95 Å². The first-order chi connectivity index (χ1) is 19.7. The standard InChI is InChI=1S/C22H25N3O.C8H11F3O2.C2H6/c1-3-11-18-19(4-2)24-22(23)25(21(18)26)20(16-12-7-5-8-13-16)17-14-9-6-10-15-17;9-8(10,11)6-2-1-3-7(4-6)13-5-12;1-2/h5-10,12-15,20H,3-4,11H2,1-2H3,(H2,23,24);5-7H,1-4H2;1-2H3. The third-order valence-electron chi connectivity index (χ3n) is 6.98. The maximum absolute atomic E-state index is 13.4. The maximum atomic E-state index is 13.4. The first-order valence-electron chi connectivity index (χ1n) is 14.4. The van der Waals surface area contributed by atoms with Crippen LogP contribution in [0.3, 0.4) is 0 Å². The Bertz CT molecular complexity index is 1210. The monoisotopic (exact) mass is 573 g/mol. The van der Waals surface area contributed by atoms with Gasteiger partial charge >= 0.3 is 6.18 Å². The second-order valence-corrected chi connectivity index (χ2v) is 9.66. The zero-order chi connectivity index (χ0) is 30.4. The third-order valence-corrected chi connectivity index (χ3v) is 6.98. The molecule has 2 aromatic carbocycles. The zero-order valence-corrected chi connectivity index (χ0v) is 24.4. The van der Waals surface area contributed by atoms with Crippen molar-refractivity contribution in [1.82, 2.24) is 9.55 Å². The Morgan fingerprint density at radius 3 is 2.05 bits per heavy atom. The lowest BCUT2D eigenvalue weighted by Gasteiger charge is -2.29. The Balaban J connectivity index is 0.000000330. The molecule has 2 atom stereocenters. The van der Waals surface area contributed by atoms with Crippen LogP contribution in [0.15, 0.2) is 65.5 Å². The van der Waals surface area contributed by atoms with Gasteiger partial charge in [0.1, 0.15) is 6.10 Å². The number of hydrogen-bond acceptors (Lipinski definition) is 5. The van der Waals surface area contributed by atoms with Gasteiger partial charge in [0.05, 0.1) is 17.7 Å². The normalized spacial score (nSPS) is 16.6. The highest BCUT2D eigenvalue weighted by Gasteiger charge is 2.42. The maximum Gasteiger partial charge on any atom is 0.391 e. The molecule has 2 unspecified atom stereocenters. The lowest BCUT2D eigenvalue weighted by molar-refractivity contribution is -0.192. The highest BCUT2D eigenvalue weighted by Crippen LogP contribution is 2.38. The third kappa shape index (κ3) is 9.20. The van der Waals surface area contributed by atoms with E-state index in [4.69, 9.17) is 5.73 Å². The summed E-state index contributed by atoms with van der Waals surface area (Å²) in [7, 11) is 0. The van der Waals surface area contributed by atoms with Gasteiger partial charge < -0.3 is 10.5 Å². The number of rotatable bonds is 8. The van der Waals surface area contributed by atoms with Gasteiger partial charge in [0.25, 0.3) is 12.0 Å². The molecule has 1 heterocycles. The van der Waals surface area contributed by atoms with Gasteiger partial charge in [0, 0.05) is 5.56 Å². The van der Waals surface area contributed by atoms with E-state index in [1.54, 1.807) is 4.57 Å². The van der Waals surface area contributed by atoms with Crippen molar-refractivity contribution in [1.29, 1.82) is 0 Å². The van der Waals surface area contributed by atoms with E-state index >= 15 is 0 Å². The second-order valence-electron chi connectivity index (χ2n) is 9.66. The molecule has 6 nitrogen and oxygen atoms in total. The topological polar surface area (TPSA) is 87.2 Å². The van der Waals surface area contributed by atoms with Crippen molar-refractivity contribution in [3.63, 3.8) is 0 Å². The second kappa shape index (κ2) is 16.6. The summed E-state index contributed by atoms with van der Waals surface area (Å²) < 4.78 is 42.8. The van der Waals surface area contributed by atoms with Gasteiger partial charge in [-0.25, -0.2) is 4.98 Å². The molecule has 1 aliphatic rings. The first kappa shape index (κ1) is 33.6. The van der Waals surface area contributed by atoms with Crippen LogP contribution in [-0.4, -0.2) is 28.3 Å². The average molecular weight is 574 g/mol. The number of ether oxygens (including phenoxy) is 1. The number of halogens is 3. The molecule has 224 valence electrons. The van der Waals surface area contributed by atoms with Crippen molar-refractivity contribution in [2.24, 2.45) is 5.92 Å². The van der Waals surface area contributed by atoms with Crippen molar-refractivity contribution in [2.45, 2.75) is 91.0 Å². The number of anilines is 1. The molecule has 3 aromatic rings. The Morgan fingerprint density at radius 1 is 1.02 bits per heavy atom. The summed E-state index contributed by atoms with van der Waals surface area (Å²) in [5.74, 6) is -1.03. The molecule has 9 heteroatoms. The predicted molar refractivity (Wildman–Crippen MR) is 157 cm³/mol. The molecular weight excluding hydrogens is 531 g/mol. The minimum atomic E-state index is -4.15. The van der Waals surface area contributed by atoms with Crippen LogP contribution in [0, 0.1) is 5.92 Å². The van der Waals surface area contributed by atoms with Gasteiger partial charge in [-0.3, -0.25) is 14.2 Å². The molecule has 0 aliphatic heterocycles. The van der Waals surface area contributed by atoms with Crippen LogP contribution < -0.4 is 11.3 Å². The highest BCUT2D eigenvalue weighted by atomic mass is 19.4. The largest absolute Gasteiger partial charge is 0.465 e.